The summed E-state index contributed by atoms with van der Waals surface area (Å²) >= 11 is 0. The van der Waals surface area contributed by atoms with Gasteiger partial charge < -0.3 is 10.5 Å². The van der Waals surface area contributed by atoms with Crippen molar-refractivity contribution in [2.45, 2.75) is 19.6 Å². The standard InChI is InChI=1S/C10H12FNO2/c1-7(12)10(13)14-6-8-4-2-3-5-9(8)11/h2-5,7H,6,12H2,1H3. The Hall–Kier alpha value is -1.42. The summed E-state index contributed by atoms with van der Waals surface area (Å²) in [4.78, 5) is 11.0. The summed E-state index contributed by atoms with van der Waals surface area (Å²) in [5.41, 5.74) is 5.62. The van der Waals surface area contributed by atoms with Gasteiger partial charge in [-0.05, 0) is 13.0 Å². The average Bonchev–Trinajstić information content (AvgIpc) is 2.16. The van der Waals surface area contributed by atoms with Gasteiger partial charge in [-0.25, -0.2) is 4.39 Å². The number of esters is 1. The molecule has 0 spiro atoms. The molecule has 0 aromatic heterocycles. The van der Waals surface area contributed by atoms with E-state index in [2.05, 4.69) is 0 Å². The molecule has 0 fully saturated rings. The second kappa shape index (κ2) is 4.72. The van der Waals surface area contributed by atoms with E-state index in [1.807, 2.05) is 0 Å². The van der Waals surface area contributed by atoms with Gasteiger partial charge in [-0.1, -0.05) is 18.2 Å². The zero-order valence-electron chi connectivity index (χ0n) is 7.87. The predicted octanol–water partition coefficient (Wildman–Crippen LogP) is 1.22. The van der Waals surface area contributed by atoms with Crippen molar-refractivity contribution in [3.05, 3.63) is 35.6 Å². The zero-order chi connectivity index (χ0) is 10.6. The summed E-state index contributed by atoms with van der Waals surface area (Å²) < 4.78 is 17.8. The van der Waals surface area contributed by atoms with E-state index in [1.54, 1.807) is 18.2 Å². The van der Waals surface area contributed by atoms with Crippen LogP contribution in [0, 0.1) is 5.82 Å². The molecule has 1 rings (SSSR count). The van der Waals surface area contributed by atoms with Crippen LogP contribution in [0.5, 0.6) is 0 Å². The lowest BCUT2D eigenvalue weighted by Gasteiger charge is -2.07. The molecule has 1 atom stereocenters. The summed E-state index contributed by atoms with van der Waals surface area (Å²) in [6.45, 7) is 1.44. The monoisotopic (exact) mass is 197 g/mol. The van der Waals surface area contributed by atoms with Crippen LogP contribution in [0.25, 0.3) is 0 Å². The molecule has 4 heteroatoms. The molecule has 0 aliphatic rings. The SMILES string of the molecule is CC(N)C(=O)OCc1ccccc1F. The summed E-state index contributed by atoms with van der Waals surface area (Å²) in [6, 6.07) is 5.45. The highest BCUT2D eigenvalue weighted by Crippen LogP contribution is 2.07. The Morgan fingerprint density at radius 2 is 2.21 bits per heavy atom. The van der Waals surface area contributed by atoms with Crippen molar-refractivity contribution >= 4 is 5.97 Å². The first-order chi connectivity index (χ1) is 6.61. The number of carbonyl (C=O) groups excluding carboxylic acids is 1. The highest BCUT2D eigenvalue weighted by atomic mass is 19.1. The smallest absolute Gasteiger partial charge is 0.322 e. The Balaban J connectivity index is 2.54. The predicted molar refractivity (Wildman–Crippen MR) is 49.8 cm³/mol. The van der Waals surface area contributed by atoms with E-state index in [0.29, 0.717) is 5.56 Å². The van der Waals surface area contributed by atoms with Gasteiger partial charge in [0.05, 0.1) is 0 Å². The Bertz CT molecular complexity index is 326. The number of carbonyl (C=O) groups is 1. The largest absolute Gasteiger partial charge is 0.460 e. The molecule has 1 aromatic rings. The van der Waals surface area contributed by atoms with E-state index in [-0.39, 0.29) is 12.4 Å². The fraction of sp³-hybridized carbons (Fsp3) is 0.300. The van der Waals surface area contributed by atoms with Crippen molar-refractivity contribution in [3.8, 4) is 0 Å². The van der Waals surface area contributed by atoms with Crippen LogP contribution in [-0.4, -0.2) is 12.0 Å². The van der Waals surface area contributed by atoms with Crippen LogP contribution in [0.4, 0.5) is 4.39 Å². The molecule has 0 bridgehead atoms. The minimum atomic E-state index is -0.679. The van der Waals surface area contributed by atoms with E-state index >= 15 is 0 Å². The van der Waals surface area contributed by atoms with Crippen LogP contribution in [0.1, 0.15) is 12.5 Å². The van der Waals surface area contributed by atoms with Gasteiger partial charge >= 0.3 is 5.97 Å². The van der Waals surface area contributed by atoms with Gasteiger partial charge in [-0.2, -0.15) is 0 Å². The topological polar surface area (TPSA) is 52.3 Å². The number of rotatable bonds is 3. The Morgan fingerprint density at radius 3 is 2.79 bits per heavy atom. The van der Waals surface area contributed by atoms with Crippen molar-refractivity contribution < 1.29 is 13.9 Å². The maximum Gasteiger partial charge on any atom is 0.322 e. The summed E-state index contributed by atoms with van der Waals surface area (Å²) in [5.74, 6) is -0.918. The van der Waals surface area contributed by atoms with Gasteiger partial charge in [-0.3, -0.25) is 4.79 Å². The second-order valence-electron chi connectivity index (χ2n) is 2.99. The van der Waals surface area contributed by atoms with Gasteiger partial charge in [0.15, 0.2) is 0 Å². The number of hydrogen-bond donors (Lipinski definition) is 1. The van der Waals surface area contributed by atoms with E-state index < -0.39 is 12.0 Å². The fourth-order valence-corrected chi connectivity index (χ4v) is 0.896. The van der Waals surface area contributed by atoms with Crippen LogP contribution in [0.15, 0.2) is 24.3 Å². The fourth-order valence-electron chi connectivity index (χ4n) is 0.896. The Labute approximate surface area is 81.7 Å². The molecule has 2 N–H and O–H groups in total. The number of nitrogens with two attached hydrogens (primary N) is 1. The van der Waals surface area contributed by atoms with E-state index in [1.165, 1.54) is 13.0 Å². The molecule has 0 heterocycles. The van der Waals surface area contributed by atoms with Gasteiger partial charge in [0.1, 0.15) is 18.5 Å². The maximum atomic E-state index is 13.0. The molecular formula is C10H12FNO2. The quantitative estimate of drug-likeness (QED) is 0.741. The molecule has 1 unspecified atom stereocenters. The van der Waals surface area contributed by atoms with Crippen LogP contribution >= 0.6 is 0 Å². The number of halogens is 1. The lowest BCUT2D eigenvalue weighted by molar-refractivity contribution is -0.146. The lowest BCUT2D eigenvalue weighted by Crippen LogP contribution is -2.28. The van der Waals surface area contributed by atoms with E-state index in [0.717, 1.165) is 0 Å². The molecule has 0 radical (unpaired) electrons. The van der Waals surface area contributed by atoms with Crippen molar-refractivity contribution in [1.29, 1.82) is 0 Å². The third-order valence-electron chi connectivity index (χ3n) is 1.70. The maximum absolute atomic E-state index is 13.0. The highest BCUT2D eigenvalue weighted by molar-refractivity contribution is 5.74. The van der Waals surface area contributed by atoms with Crippen LogP contribution in [0.3, 0.4) is 0 Å². The molecule has 0 aliphatic heterocycles. The highest BCUT2D eigenvalue weighted by Gasteiger charge is 2.09. The van der Waals surface area contributed by atoms with Crippen molar-refractivity contribution in [3.63, 3.8) is 0 Å². The van der Waals surface area contributed by atoms with E-state index in [9.17, 15) is 9.18 Å². The summed E-state index contributed by atoms with van der Waals surface area (Å²) in [5, 5.41) is 0. The average molecular weight is 197 g/mol. The van der Waals surface area contributed by atoms with Crippen molar-refractivity contribution in [2.24, 2.45) is 5.73 Å². The molecule has 3 nitrogen and oxygen atoms in total. The van der Waals surface area contributed by atoms with Crippen molar-refractivity contribution in [2.75, 3.05) is 0 Å². The zero-order valence-corrected chi connectivity index (χ0v) is 7.87. The van der Waals surface area contributed by atoms with Gasteiger partial charge in [0.25, 0.3) is 0 Å². The molecule has 0 saturated heterocycles. The molecular weight excluding hydrogens is 185 g/mol. The Kier molecular flexibility index (Phi) is 3.59. The summed E-state index contributed by atoms with van der Waals surface area (Å²) in [7, 11) is 0. The molecule has 0 saturated carbocycles. The molecule has 14 heavy (non-hydrogen) atoms. The minimum absolute atomic E-state index is 0.0763. The first kappa shape index (κ1) is 10.7. The molecule has 76 valence electrons. The molecule has 1 aromatic carbocycles. The second-order valence-corrected chi connectivity index (χ2v) is 2.99. The number of hydrogen-bond acceptors (Lipinski definition) is 3. The van der Waals surface area contributed by atoms with Gasteiger partial charge in [0.2, 0.25) is 0 Å². The van der Waals surface area contributed by atoms with Crippen LogP contribution < -0.4 is 5.73 Å². The van der Waals surface area contributed by atoms with E-state index in [4.69, 9.17) is 10.5 Å². The summed E-state index contributed by atoms with van der Waals surface area (Å²) in [6.07, 6.45) is 0. The Morgan fingerprint density at radius 1 is 1.57 bits per heavy atom. The van der Waals surface area contributed by atoms with Crippen LogP contribution in [-0.2, 0) is 16.1 Å². The lowest BCUT2D eigenvalue weighted by atomic mass is 10.2. The van der Waals surface area contributed by atoms with Gasteiger partial charge in [-0.15, -0.1) is 0 Å². The third kappa shape index (κ3) is 2.81. The van der Waals surface area contributed by atoms with Crippen molar-refractivity contribution in [1.82, 2.24) is 0 Å². The normalized spacial score (nSPS) is 12.2. The first-order valence-corrected chi connectivity index (χ1v) is 4.27. The third-order valence-corrected chi connectivity index (χ3v) is 1.70. The first-order valence-electron chi connectivity index (χ1n) is 4.27. The molecule has 0 aliphatic carbocycles. The molecule has 0 amide bonds. The number of ether oxygens (including phenoxy) is 1. The van der Waals surface area contributed by atoms with Gasteiger partial charge in [0, 0.05) is 5.56 Å². The number of benzene rings is 1. The van der Waals surface area contributed by atoms with Crippen LogP contribution in [0.2, 0.25) is 0 Å². The minimum Gasteiger partial charge on any atom is -0.460 e.